The minimum absolute atomic E-state index is 0.0177. The van der Waals surface area contributed by atoms with Gasteiger partial charge in [0.2, 0.25) is 82.7 Å². The number of unbranched alkanes of at least 4 members (excludes halogenated alkanes) is 4. The van der Waals surface area contributed by atoms with E-state index in [0.29, 0.717) is 40.1 Å². The molecule has 2 aromatic rings. The summed E-state index contributed by atoms with van der Waals surface area (Å²) in [6.07, 6.45) is -4.83. The number of nitrogens with two attached hydrogens (primary N) is 2. The number of aromatic nitrogens is 1. The molecule has 43 heteroatoms. The van der Waals surface area contributed by atoms with Gasteiger partial charge in [0, 0.05) is 50.5 Å². The number of ether oxygens (including phenoxy) is 2. The van der Waals surface area contributed by atoms with Crippen LogP contribution in [0.2, 0.25) is 0 Å². The zero-order chi connectivity index (χ0) is 86.7. The van der Waals surface area contributed by atoms with Gasteiger partial charge >= 0.3 is 29.8 Å². The van der Waals surface area contributed by atoms with Crippen molar-refractivity contribution in [2.75, 3.05) is 40.4 Å². The summed E-state index contributed by atoms with van der Waals surface area (Å²) in [6, 6.07) is -15.5. The van der Waals surface area contributed by atoms with Crippen LogP contribution in [-0.2, 0) is 107 Å². The summed E-state index contributed by atoms with van der Waals surface area (Å²) in [5, 5.41) is 88.5. The lowest BCUT2D eigenvalue weighted by molar-refractivity contribution is -0.159. The molecule has 0 aliphatic carbocycles. The number of cyclic esters (lactones) is 1. The molecule has 0 bridgehead atoms. The number of primary amides is 1. The first kappa shape index (κ1) is 97.7. The molecule has 3 rings (SSSR count). The average molecular weight is 1630 g/mol. The second-order valence-corrected chi connectivity index (χ2v) is 28.4. The van der Waals surface area contributed by atoms with Gasteiger partial charge < -0.3 is 125 Å². The first-order chi connectivity index (χ1) is 54.1. The van der Waals surface area contributed by atoms with E-state index in [4.69, 9.17) is 20.9 Å². The molecular formula is C72H110N16O27. The number of carboxylic acid groups (broad SMARTS) is 4. The van der Waals surface area contributed by atoms with E-state index >= 15 is 0 Å². The van der Waals surface area contributed by atoms with Crippen molar-refractivity contribution in [2.45, 2.75) is 230 Å². The topological polar surface area (TPSA) is 680 Å². The highest BCUT2D eigenvalue weighted by molar-refractivity contribution is 6.02. The maximum absolute atomic E-state index is 14.9. The number of aliphatic hydroxyl groups excluding tert-OH is 2. The smallest absolute Gasteiger partial charge is 0.335 e. The van der Waals surface area contributed by atoms with Crippen LogP contribution in [0.4, 0.5) is 0 Å². The number of hydrogen-bond acceptors (Lipinski definition) is 24. The molecule has 16 atom stereocenters. The number of nitrogens with zero attached hydrogens (tertiary/aromatic N) is 1. The summed E-state index contributed by atoms with van der Waals surface area (Å²) >= 11 is 0. The highest BCUT2D eigenvalue weighted by Crippen LogP contribution is 2.22. The Bertz CT molecular complexity index is 3780. The molecule has 43 nitrogen and oxygen atoms in total. The minimum Gasteiger partial charge on any atom is -0.481 e. The van der Waals surface area contributed by atoms with Gasteiger partial charge in [0.05, 0.1) is 32.5 Å². The molecule has 0 saturated carbocycles. The lowest BCUT2D eigenvalue weighted by Crippen LogP contribution is -2.64. The first-order valence-corrected chi connectivity index (χ1v) is 37.4. The number of carbonyl (C=O) groups is 19. The average Bonchev–Trinajstić information content (AvgIpc) is 1.70. The zero-order valence-electron chi connectivity index (χ0n) is 65.5. The fraction of sp³-hybridized carbons (Fsp3) is 0.625. The van der Waals surface area contributed by atoms with Gasteiger partial charge in [-0.3, -0.25) is 81.5 Å². The molecule has 2 heterocycles. The predicted octanol–water partition coefficient (Wildman–Crippen LogP) is -5.86. The molecular weight excluding hydrogens is 1520 g/mol. The van der Waals surface area contributed by atoms with Crippen LogP contribution in [0.5, 0.6) is 0 Å². The maximum atomic E-state index is 14.9. The number of methoxy groups -OCH3 is 1. The van der Waals surface area contributed by atoms with Crippen molar-refractivity contribution in [3.63, 3.8) is 0 Å². The van der Waals surface area contributed by atoms with Crippen LogP contribution in [0, 0.1) is 17.8 Å². The third-order valence-corrected chi connectivity index (χ3v) is 18.7. The number of esters is 1. The van der Waals surface area contributed by atoms with Crippen LogP contribution in [0.1, 0.15) is 144 Å². The largest absolute Gasteiger partial charge is 0.481 e. The van der Waals surface area contributed by atoms with Gasteiger partial charge in [0.1, 0.15) is 72.6 Å². The molecule has 0 spiro atoms. The second kappa shape index (κ2) is 48.6. The minimum atomic E-state index is -2.79. The molecule has 14 amide bonds. The highest BCUT2D eigenvalue weighted by atomic mass is 16.5. The molecule has 1 aromatic carbocycles. The Morgan fingerprint density at radius 1 is 0.652 bits per heavy atom. The number of fused-ring (bicyclic) bond motifs is 1. The summed E-state index contributed by atoms with van der Waals surface area (Å²) in [6.45, 7) is 6.39. The van der Waals surface area contributed by atoms with Gasteiger partial charge in [-0.2, -0.15) is 0 Å². The van der Waals surface area contributed by atoms with Crippen LogP contribution in [0.25, 0.3) is 10.9 Å². The van der Waals surface area contributed by atoms with Gasteiger partial charge in [-0.05, 0) is 81.9 Å². The Balaban J connectivity index is 2.25. The van der Waals surface area contributed by atoms with Gasteiger partial charge in [0.25, 0.3) is 0 Å². The number of aliphatic hydroxyl groups is 2. The van der Waals surface area contributed by atoms with E-state index in [9.17, 15) is 122 Å². The predicted molar refractivity (Wildman–Crippen MR) is 401 cm³/mol. The molecule has 1 aromatic heterocycles. The van der Waals surface area contributed by atoms with Crippen LogP contribution in [-0.4, -0.2) is 278 Å². The fourth-order valence-electron chi connectivity index (χ4n) is 11.9. The number of rotatable bonds is 36. The normalized spacial score (nSPS) is 22.3. The molecule has 640 valence electrons. The Morgan fingerprint density at radius 3 is 1.87 bits per heavy atom. The fourth-order valence-corrected chi connectivity index (χ4v) is 11.9. The number of amides is 14. The van der Waals surface area contributed by atoms with Crippen molar-refractivity contribution in [1.82, 2.24) is 73.7 Å². The van der Waals surface area contributed by atoms with E-state index in [0.717, 1.165) is 60.6 Å². The number of hydrogen-bond donors (Lipinski definition) is 21. The van der Waals surface area contributed by atoms with E-state index in [-0.39, 0.29) is 38.6 Å². The highest BCUT2D eigenvalue weighted by Gasteiger charge is 2.44. The third kappa shape index (κ3) is 32.5. The van der Waals surface area contributed by atoms with Gasteiger partial charge in [0.15, 0.2) is 12.2 Å². The van der Waals surface area contributed by atoms with E-state index in [1.807, 2.05) is 16.0 Å². The van der Waals surface area contributed by atoms with Crippen LogP contribution < -0.4 is 75.3 Å². The van der Waals surface area contributed by atoms with Crippen molar-refractivity contribution >= 4 is 123 Å². The molecule has 16 unspecified atom stereocenters. The molecule has 1 aliphatic heterocycles. The molecule has 115 heavy (non-hydrogen) atoms. The number of aliphatic carboxylic acids is 4. The van der Waals surface area contributed by atoms with Crippen molar-refractivity contribution in [3.05, 3.63) is 36.0 Å². The van der Waals surface area contributed by atoms with E-state index < -0.39 is 255 Å². The molecule has 1 fully saturated rings. The summed E-state index contributed by atoms with van der Waals surface area (Å²) < 4.78 is 10.7. The van der Waals surface area contributed by atoms with Crippen molar-refractivity contribution in [2.24, 2.45) is 29.2 Å². The number of nitrogens with one attached hydrogen (secondary N) is 13. The molecule has 23 N–H and O–H groups in total. The van der Waals surface area contributed by atoms with Crippen molar-refractivity contribution in [3.8, 4) is 0 Å². The van der Waals surface area contributed by atoms with Crippen molar-refractivity contribution in [1.29, 1.82) is 0 Å². The standard InChI is InChI=1S/C72H110N16O27/c1-10-35(4)19-13-11-12-14-23-47(90)78-44(28-39-30-75-41-21-16-15-20-40(39)41)64(104)81-43(24-25-50(93)94)63(103)86-56(58(99)60(74)100)69(109)85-55-38(7)115-72(113)53(34(2)3)83-68(108)54(36(5)27-51(95)96)84-66(106)46(33-89)79-48(91)31-76-67(107)57(59(114-9)71(111)112)87-62(102)42(22-17-18-26-73)80-65(105)45(29-52(97)98)82-61(101)37(6)77-49(92)32-88(8)70(55)110/h15-16,20-21,30,34-38,42-46,53-59,75,89,99H,10-14,17-19,22-29,31-33,73H2,1-9H3,(H2,74,100)(H,76,107)(H,77,92)(H,78,90)(H,79,91)(H,80,105)(H,81,104)(H,82,101)(H,83,108)(H,84,106)(H,85,109)(H,86,103)(H,87,102)(H,93,94)(H,95,96)(H,97,98)(H,111,112). The first-order valence-electron chi connectivity index (χ1n) is 37.4. The summed E-state index contributed by atoms with van der Waals surface area (Å²) in [5.74, 6) is -29.0. The molecule has 1 saturated heterocycles. The number of H-pyrrole nitrogens is 1. The Kier molecular flexibility index (Phi) is 41.3. The number of aromatic amines is 1. The number of carboxylic acids is 4. The van der Waals surface area contributed by atoms with E-state index in [1.165, 1.54) is 13.8 Å². The lowest BCUT2D eigenvalue weighted by Gasteiger charge is -2.32. The Hall–Kier alpha value is -11.5. The number of para-hydroxylation sites is 1. The van der Waals surface area contributed by atoms with Crippen LogP contribution >= 0.6 is 0 Å². The Morgan fingerprint density at radius 2 is 1.27 bits per heavy atom. The lowest BCUT2D eigenvalue weighted by atomic mass is 9.95. The molecule has 0 radical (unpaired) electrons. The SMILES string of the molecule is CCC(C)CCCCCCC(=O)NC(Cc1c[nH]c2ccccc12)C(=O)NC(CCC(=O)O)C(=O)NC(C(=O)NC1C(=O)N(C)CC(=O)NC(C)C(=O)NC(CC(=O)O)C(=O)NC(CCCCN)C(=O)NC(C(OC)C(=O)O)C(=O)NCC(=O)NC(CO)C(=O)NC(C(C)CC(=O)O)C(=O)NC(C(C)C)C(=O)OC1C)C(O)C(N)=O. The third-order valence-electron chi connectivity index (χ3n) is 18.7. The number of carbonyl (C=O) groups excluding carboxylic acids is 15. The van der Waals surface area contributed by atoms with Gasteiger partial charge in [-0.15, -0.1) is 0 Å². The Labute approximate surface area is 661 Å². The molecule has 1 aliphatic rings. The maximum Gasteiger partial charge on any atom is 0.335 e. The summed E-state index contributed by atoms with van der Waals surface area (Å²) in [4.78, 5) is 264. The second-order valence-electron chi connectivity index (χ2n) is 28.4. The van der Waals surface area contributed by atoms with Crippen LogP contribution in [0.3, 0.4) is 0 Å². The van der Waals surface area contributed by atoms with Crippen molar-refractivity contribution < 1.29 is 131 Å². The van der Waals surface area contributed by atoms with Gasteiger partial charge in [-0.25, -0.2) is 9.59 Å². The van der Waals surface area contributed by atoms with E-state index in [2.05, 4.69) is 66.7 Å². The quantitative estimate of drug-likeness (QED) is 0.0223. The summed E-state index contributed by atoms with van der Waals surface area (Å²) in [7, 11) is 1.71. The van der Waals surface area contributed by atoms with Crippen LogP contribution in [0.15, 0.2) is 30.5 Å². The number of benzene rings is 1. The monoisotopic (exact) mass is 1630 g/mol. The summed E-state index contributed by atoms with van der Waals surface area (Å²) in [5.41, 5.74) is 12.3. The van der Waals surface area contributed by atoms with E-state index in [1.54, 1.807) is 30.5 Å². The van der Waals surface area contributed by atoms with Gasteiger partial charge in [-0.1, -0.05) is 84.9 Å². The zero-order valence-corrected chi connectivity index (χ0v) is 65.5. The number of likely N-dealkylation sites (N-methyl/N-ethyl adjacent to an activating group) is 1.